The maximum Gasteiger partial charge on any atom is 0.0385 e. The number of hydrogen-bond donors (Lipinski definition) is 1. The van der Waals surface area contributed by atoms with Gasteiger partial charge in [-0.05, 0) is 61.2 Å². The first kappa shape index (κ1) is 12.9. The summed E-state index contributed by atoms with van der Waals surface area (Å²) < 4.78 is 0. The van der Waals surface area contributed by atoms with Crippen molar-refractivity contribution in [2.45, 2.75) is 24.8 Å². The van der Waals surface area contributed by atoms with E-state index in [2.05, 4.69) is 48.3 Å². The van der Waals surface area contributed by atoms with Crippen LogP contribution in [0.1, 0.15) is 41.5 Å². The summed E-state index contributed by atoms with van der Waals surface area (Å²) in [5.74, 6) is 1.22. The molecule has 4 rings (SSSR count). The first-order chi connectivity index (χ1) is 10.3. The van der Waals surface area contributed by atoms with E-state index in [0.29, 0.717) is 17.9 Å². The first-order valence-electron chi connectivity index (χ1n) is 7.90. The molecule has 0 radical (unpaired) electrons. The number of nitrogen functional groups attached to an aromatic ring is 1. The molecule has 2 nitrogen and oxygen atoms in total. The minimum atomic E-state index is 0.523. The van der Waals surface area contributed by atoms with E-state index >= 15 is 0 Å². The normalized spacial score (nSPS) is 28.1. The zero-order valence-electron chi connectivity index (χ0n) is 12.5. The molecule has 0 unspecified atom stereocenters. The van der Waals surface area contributed by atoms with Gasteiger partial charge in [0.25, 0.3) is 0 Å². The van der Waals surface area contributed by atoms with E-state index in [9.17, 15) is 0 Å². The van der Waals surface area contributed by atoms with Crippen molar-refractivity contribution in [3.8, 4) is 0 Å². The second kappa shape index (κ2) is 4.88. The van der Waals surface area contributed by atoms with Crippen LogP contribution in [-0.4, -0.2) is 18.5 Å². The van der Waals surface area contributed by atoms with Crippen LogP contribution in [0.3, 0.4) is 0 Å². The van der Waals surface area contributed by atoms with E-state index in [1.54, 1.807) is 0 Å². The maximum atomic E-state index is 5.87. The van der Waals surface area contributed by atoms with E-state index in [0.717, 1.165) is 5.69 Å². The molecule has 1 heterocycles. The summed E-state index contributed by atoms with van der Waals surface area (Å²) in [7, 11) is 2.28. The Morgan fingerprint density at radius 3 is 2.48 bits per heavy atom. The summed E-state index contributed by atoms with van der Waals surface area (Å²) in [4.78, 5) is 2.55. The molecule has 1 fully saturated rings. The summed E-state index contributed by atoms with van der Waals surface area (Å²) in [6, 6.07) is 18.1. The zero-order valence-corrected chi connectivity index (χ0v) is 12.5. The molecule has 21 heavy (non-hydrogen) atoms. The molecule has 2 aromatic rings. The summed E-state index contributed by atoms with van der Waals surface area (Å²) >= 11 is 0. The van der Waals surface area contributed by atoms with Crippen LogP contribution in [-0.2, 0) is 0 Å². The smallest absolute Gasteiger partial charge is 0.0385 e. The van der Waals surface area contributed by atoms with Gasteiger partial charge in [-0.25, -0.2) is 0 Å². The highest BCUT2D eigenvalue weighted by atomic mass is 15.1. The molecule has 2 aliphatic rings. The van der Waals surface area contributed by atoms with E-state index in [-0.39, 0.29) is 0 Å². The second-order valence-electron chi connectivity index (χ2n) is 6.50. The van der Waals surface area contributed by atoms with Gasteiger partial charge in [0, 0.05) is 17.6 Å². The Labute approximate surface area is 126 Å². The second-order valence-corrected chi connectivity index (χ2v) is 6.50. The van der Waals surface area contributed by atoms with Gasteiger partial charge in [-0.15, -0.1) is 0 Å². The number of anilines is 1. The molecule has 0 aromatic heterocycles. The predicted octanol–water partition coefficient (Wildman–Crippen LogP) is 3.80. The largest absolute Gasteiger partial charge is 0.399 e. The van der Waals surface area contributed by atoms with Crippen molar-refractivity contribution in [3.05, 3.63) is 65.2 Å². The molecule has 0 saturated carbocycles. The molecule has 108 valence electrons. The SMILES string of the molecule is CN1CCC[C@H]2[C@@H](c3ccc(N)cc3)c3ccccc3[C@H]21. The van der Waals surface area contributed by atoms with E-state index < -0.39 is 0 Å². The van der Waals surface area contributed by atoms with Gasteiger partial charge < -0.3 is 5.73 Å². The van der Waals surface area contributed by atoms with Crippen molar-refractivity contribution < 1.29 is 0 Å². The molecule has 0 amide bonds. The monoisotopic (exact) mass is 278 g/mol. The number of rotatable bonds is 1. The van der Waals surface area contributed by atoms with Gasteiger partial charge in [0.15, 0.2) is 0 Å². The van der Waals surface area contributed by atoms with E-state index in [4.69, 9.17) is 5.73 Å². The van der Waals surface area contributed by atoms with Crippen LogP contribution in [0.4, 0.5) is 5.69 Å². The third-order valence-corrected chi connectivity index (χ3v) is 5.30. The standard InChI is InChI=1S/C19H22N2/c1-21-12-4-7-17-18(13-8-10-14(20)11-9-13)15-5-2-3-6-16(15)19(17)21/h2-3,5-6,8-11,17-19H,4,7,12,20H2,1H3/t17-,18-,19+/m0/s1. The summed E-state index contributed by atoms with van der Waals surface area (Å²) in [5, 5.41) is 0. The van der Waals surface area contributed by atoms with Gasteiger partial charge >= 0.3 is 0 Å². The summed E-state index contributed by atoms with van der Waals surface area (Å²) in [5.41, 5.74) is 11.2. The highest BCUT2D eigenvalue weighted by Gasteiger charge is 2.44. The van der Waals surface area contributed by atoms with Crippen molar-refractivity contribution in [1.29, 1.82) is 0 Å². The number of nitrogens with zero attached hydrogens (tertiary/aromatic N) is 1. The zero-order chi connectivity index (χ0) is 14.4. The lowest BCUT2D eigenvalue weighted by Gasteiger charge is -2.37. The fourth-order valence-corrected chi connectivity index (χ4v) is 4.44. The molecular formula is C19H22N2. The van der Waals surface area contributed by atoms with Crippen LogP contribution in [0.5, 0.6) is 0 Å². The maximum absolute atomic E-state index is 5.87. The molecule has 1 aliphatic heterocycles. The van der Waals surface area contributed by atoms with Crippen LogP contribution in [0, 0.1) is 5.92 Å². The molecule has 2 aromatic carbocycles. The molecule has 2 heteroatoms. The molecule has 1 saturated heterocycles. The molecule has 3 atom stereocenters. The highest BCUT2D eigenvalue weighted by Crippen LogP contribution is 2.54. The molecule has 1 aliphatic carbocycles. The predicted molar refractivity (Wildman–Crippen MR) is 87.2 cm³/mol. The van der Waals surface area contributed by atoms with Crippen molar-refractivity contribution in [2.75, 3.05) is 19.3 Å². The van der Waals surface area contributed by atoms with E-state index in [1.807, 2.05) is 12.1 Å². The minimum absolute atomic E-state index is 0.523. The lowest BCUT2D eigenvalue weighted by molar-refractivity contribution is 0.127. The van der Waals surface area contributed by atoms with Crippen LogP contribution in [0.2, 0.25) is 0 Å². The van der Waals surface area contributed by atoms with Crippen LogP contribution >= 0.6 is 0 Å². The van der Waals surface area contributed by atoms with Gasteiger partial charge in [-0.1, -0.05) is 36.4 Å². The fourth-order valence-electron chi connectivity index (χ4n) is 4.44. The van der Waals surface area contributed by atoms with Gasteiger partial charge in [0.05, 0.1) is 0 Å². The molecule has 0 bridgehead atoms. The number of piperidine rings is 1. The Morgan fingerprint density at radius 1 is 1.00 bits per heavy atom. The lowest BCUT2D eigenvalue weighted by atomic mass is 9.80. The van der Waals surface area contributed by atoms with Gasteiger partial charge in [-0.2, -0.15) is 0 Å². The topological polar surface area (TPSA) is 29.3 Å². The number of hydrogen-bond acceptors (Lipinski definition) is 2. The van der Waals surface area contributed by atoms with Crippen molar-refractivity contribution in [1.82, 2.24) is 4.90 Å². The van der Waals surface area contributed by atoms with Crippen molar-refractivity contribution >= 4 is 5.69 Å². The molecular weight excluding hydrogens is 256 g/mol. The van der Waals surface area contributed by atoms with Crippen LogP contribution in [0.25, 0.3) is 0 Å². The Balaban J connectivity index is 1.84. The van der Waals surface area contributed by atoms with Crippen LogP contribution in [0.15, 0.2) is 48.5 Å². The van der Waals surface area contributed by atoms with E-state index in [1.165, 1.54) is 36.1 Å². The fraction of sp³-hybridized carbons (Fsp3) is 0.368. The summed E-state index contributed by atoms with van der Waals surface area (Å²) in [6.07, 6.45) is 2.62. The Hall–Kier alpha value is -1.80. The van der Waals surface area contributed by atoms with Gasteiger partial charge in [-0.3, -0.25) is 4.90 Å². The Morgan fingerprint density at radius 2 is 1.71 bits per heavy atom. The van der Waals surface area contributed by atoms with Crippen molar-refractivity contribution in [2.24, 2.45) is 5.92 Å². The summed E-state index contributed by atoms with van der Waals surface area (Å²) in [6.45, 7) is 1.21. The highest BCUT2D eigenvalue weighted by molar-refractivity contribution is 5.49. The minimum Gasteiger partial charge on any atom is -0.399 e. The van der Waals surface area contributed by atoms with Crippen LogP contribution < -0.4 is 5.73 Å². The average molecular weight is 278 g/mol. The van der Waals surface area contributed by atoms with Gasteiger partial charge in [0.2, 0.25) is 0 Å². The number of nitrogens with two attached hydrogens (primary N) is 1. The van der Waals surface area contributed by atoms with Gasteiger partial charge in [0.1, 0.15) is 0 Å². The Kier molecular flexibility index (Phi) is 3.00. The third kappa shape index (κ3) is 1.97. The first-order valence-corrected chi connectivity index (χ1v) is 7.90. The molecule has 0 spiro atoms. The number of benzene rings is 2. The third-order valence-electron chi connectivity index (χ3n) is 5.30. The lowest BCUT2D eigenvalue weighted by Crippen LogP contribution is -2.34. The Bertz CT molecular complexity index is 647. The molecule has 2 N–H and O–H groups in total. The average Bonchev–Trinajstić information content (AvgIpc) is 2.84. The number of likely N-dealkylation sites (tertiary alicyclic amines) is 1. The quantitative estimate of drug-likeness (QED) is 0.804. The number of fused-ring (bicyclic) bond motifs is 3. The van der Waals surface area contributed by atoms with Crippen molar-refractivity contribution in [3.63, 3.8) is 0 Å².